The standard InChI is InChI=1S/C15H14ClN3O2/c1-19-8-2-3-11(19)6-7-17-14(20)10-4-5-12-13(9-10)21-15(16)18-12/h2-5,8-9H,6-7H2,1H3,(H,17,20). The van der Waals surface area contributed by atoms with Crippen molar-refractivity contribution in [1.82, 2.24) is 14.9 Å². The third-order valence-corrected chi connectivity index (χ3v) is 3.50. The maximum atomic E-state index is 12.1. The number of halogens is 1. The maximum Gasteiger partial charge on any atom is 0.293 e. The minimum Gasteiger partial charge on any atom is -0.428 e. The van der Waals surface area contributed by atoms with Gasteiger partial charge in [0, 0.05) is 37.5 Å². The minimum absolute atomic E-state index is 0.0752. The van der Waals surface area contributed by atoms with Crippen LogP contribution in [0.25, 0.3) is 11.1 Å². The molecule has 0 aliphatic rings. The third-order valence-electron chi connectivity index (χ3n) is 3.34. The van der Waals surface area contributed by atoms with Crippen molar-refractivity contribution >= 4 is 28.6 Å². The summed E-state index contributed by atoms with van der Waals surface area (Å²) in [6.07, 6.45) is 2.77. The van der Waals surface area contributed by atoms with E-state index in [4.69, 9.17) is 16.0 Å². The zero-order valence-electron chi connectivity index (χ0n) is 11.5. The van der Waals surface area contributed by atoms with Crippen molar-refractivity contribution in [3.63, 3.8) is 0 Å². The Morgan fingerprint density at radius 3 is 3.05 bits per heavy atom. The lowest BCUT2D eigenvalue weighted by atomic mass is 10.2. The number of benzene rings is 1. The fourth-order valence-corrected chi connectivity index (χ4v) is 2.37. The summed E-state index contributed by atoms with van der Waals surface area (Å²) in [5.74, 6) is -0.140. The molecule has 0 saturated carbocycles. The molecule has 0 spiro atoms. The molecule has 3 aromatic rings. The molecule has 2 heterocycles. The summed E-state index contributed by atoms with van der Waals surface area (Å²) in [4.78, 5) is 16.1. The van der Waals surface area contributed by atoms with Crippen LogP contribution in [0.1, 0.15) is 16.1 Å². The van der Waals surface area contributed by atoms with Crippen molar-refractivity contribution in [2.75, 3.05) is 6.54 Å². The molecule has 1 N–H and O–H groups in total. The molecule has 6 heteroatoms. The fourth-order valence-electron chi connectivity index (χ4n) is 2.20. The zero-order valence-corrected chi connectivity index (χ0v) is 12.2. The van der Waals surface area contributed by atoms with Gasteiger partial charge in [-0.1, -0.05) is 0 Å². The number of amides is 1. The van der Waals surface area contributed by atoms with Gasteiger partial charge in [-0.15, -0.1) is 0 Å². The van der Waals surface area contributed by atoms with Gasteiger partial charge in [0.15, 0.2) is 5.58 Å². The normalized spacial score (nSPS) is 11.0. The number of rotatable bonds is 4. The Balaban J connectivity index is 1.65. The molecule has 108 valence electrons. The van der Waals surface area contributed by atoms with Crippen molar-refractivity contribution in [2.24, 2.45) is 7.05 Å². The Labute approximate surface area is 126 Å². The first kappa shape index (κ1) is 13.7. The summed E-state index contributed by atoms with van der Waals surface area (Å²) < 4.78 is 7.25. The second-order valence-corrected chi connectivity index (χ2v) is 5.09. The zero-order chi connectivity index (χ0) is 14.8. The van der Waals surface area contributed by atoms with Gasteiger partial charge in [0.05, 0.1) is 0 Å². The van der Waals surface area contributed by atoms with Crippen molar-refractivity contribution in [3.8, 4) is 0 Å². The predicted molar refractivity (Wildman–Crippen MR) is 80.5 cm³/mol. The molecule has 0 aliphatic heterocycles. The van der Waals surface area contributed by atoms with E-state index >= 15 is 0 Å². The average molecular weight is 304 g/mol. The molecule has 0 bridgehead atoms. The van der Waals surface area contributed by atoms with Crippen molar-refractivity contribution in [2.45, 2.75) is 6.42 Å². The van der Waals surface area contributed by atoms with Gasteiger partial charge < -0.3 is 14.3 Å². The number of hydrogen-bond donors (Lipinski definition) is 1. The monoisotopic (exact) mass is 303 g/mol. The number of nitrogens with zero attached hydrogens (tertiary/aromatic N) is 2. The largest absolute Gasteiger partial charge is 0.428 e. The third kappa shape index (κ3) is 2.92. The summed E-state index contributed by atoms with van der Waals surface area (Å²) in [6.45, 7) is 0.575. The maximum absolute atomic E-state index is 12.1. The molecule has 0 radical (unpaired) electrons. The van der Waals surface area contributed by atoms with E-state index in [1.54, 1.807) is 18.2 Å². The molecule has 0 atom stereocenters. The second kappa shape index (κ2) is 5.61. The Morgan fingerprint density at radius 2 is 2.29 bits per heavy atom. The van der Waals surface area contributed by atoms with Crippen molar-refractivity contribution in [1.29, 1.82) is 0 Å². The molecule has 0 unspecified atom stereocenters. The van der Waals surface area contributed by atoms with Crippen LogP contribution in [0.3, 0.4) is 0 Å². The number of fused-ring (bicyclic) bond motifs is 1. The van der Waals surface area contributed by atoms with Crippen LogP contribution in [0.5, 0.6) is 0 Å². The van der Waals surface area contributed by atoms with E-state index in [1.165, 1.54) is 5.69 Å². The highest BCUT2D eigenvalue weighted by molar-refractivity contribution is 6.28. The average Bonchev–Trinajstić information content (AvgIpc) is 3.02. The second-order valence-electron chi connectivity index (χ2n) is 4.77. The molecular weight excluding hydrogens is 290 g/mol. The van der Waals surface area contributed by atoms with Gasteiger partial charge in [0.1, 0.15) is 5.52 Å². The van der Waals surface area contributed by atoms with Crippen LogP contribution < -0.4 is 5.32 Å². The smallest absolute Gasteiger partial charge is 0.293 e. The Kier molecular flexibility index (Phi) is 3.66. The summed E-state index contributed by atoms with van der Waals surface area (Å²) in [5.41, 5.74) is 2.85. The van der Waals surface area contributed by atoms with Gasteiger partial charge in [-0.25, -0.2) is 0 Å². The highest BCUT2D eigenvalue weighted by Crippen LogP contribution is 2.20. The highest BCUT2D eigenvalue weighted by Gasteiger charge is 2.09. The van der Waals surface area contributed by atoms with Crippen LogP contribution >= 0.6 is 11.6 Å². The van der Waals surface area contributed by atoms with Gasteiger partial charge in [-0.05, 0) is 41.9 Å². The SMILES string of the molecule is Cn1cccc1CCNC(=O)c1ccc2nc(Cl)oc2c1. The van der Waals surface area contributed by atoms with Crippen LogP contribution in [-0.4, -0.2) is 22.0 Å². The predicted octanol–water partition coefficient (Wildman–Crippen LogP) is 2.79. The molecule has 1 aromatic carbocycles. The van der Waals surface area contributed by atoms with Gasteiger partial charge in [-0.2, -0.15) is 4.98 Å². The van der Waals surface area contributed by atoms with E-state index in [0.29, 0.717) is 23.2 Å². The molecule has 1 amide bonds. The molecule has 0 saturated heterocycles. The first-order chi connectivity index (χ1) is 10.1. The molecule has 21 heavy (non-hydrogen) atoms. The molecule has 0 fully saturated rings. The number of nitrogens with one attached hydrogen (secondary N) is 1. The number of aryl methyl sites for hydroxylation is 1. The topological polar surface area (TPSA) is 60.1 Å². The number of carbonyl (C=O) groups excluding carboxylic acids is 1. The van der Waals surface area contributed by atoms with Crippen molar-refractivity contribution in [3.05, 3.63) is 53.1 Å². The Bertz CT molecular complexity index is 791. The summed E-state index contributed by atoms with van der Waals surface area (Å²) in [6, 6.07) is 9.09. The van der Waals surface area contributed by atoms with Crippen molar-refractivity contribution < 1.29 is 9.21 Å². The minimum atomic E-state index is -0.140. The summed E-state index contributed by atoms with van der Waals surface area (Å²) in [7, 11) is 1.98. The quantitative estimate of drug-likeness (QED) is 0.806. The van der Waals surface area contributed by atoms with Gasteiger partial charge in [0.25, 0.3) is 11.3 Å². The Hall–Kier alpha value is -2.27. The molecule has 3 rings (SSSR count). The van der Waals surface area contributed by atoms with Crippen LogP contribution in [-0.2, 0) is 13.5 Å². The lowest BCUT2D eigenvalue weighted by Crippen LogP contribution is -2.26. The first-order valence-electron chi connectivity index (χ1n) is 6.58. The van der Waals surface area contributed by atoms with Crippen LogP contribution in [0.2, 0.25) is 5.35 Å². The van der Waals surface area contributed by atoms with E-state index in [9.17, 15) is 4.79 Å². The summed E-state index contributed by atoms with van der Waals surface area (Å²) >= 11 is 5.69. The fraction of sp³-hybridized carbons (Fsp3) is 0.200. The van der Waals surface area contributed by atoms with Gasteiger partial charge >= 0.3 is 0 Å². The number of hydrogen-bond acceptors (Lipinski definition) is 3. The van der Waals surface area contributed by atoms with E-state index in [1.807, 2.05) is 29.9 Å². The van der Waals surface area contributed by atoms with E-state index in [2.05, 4.69) is 10.3 Å². The van der Waals surface area contributed by atoms with Gasteiger partial charge in [-0.3, -0.25) is 4.79 Å². The first-order valence-corrected chi connectivity index (χ1v) is 6.96. The lowest BCUT2D eigenvalue weighted by molar-refractivity contribution is 0.0954. The van der Waals surface area contributed by atoms with Gasteiger partial charge in [0.2, 0.25) is 0 Å². The summed E-state index contributed by atoms with van der Waals surface area (Å²) in [5, 5.41) is 2.96. The van der Waals surface area contributed by atoms with E-state index in [-0.39, 0.29) is 11.3 Å². The Morgan fingerprint density at radius 1 is 1.43 bits per heavy atom. The van der Waals surface area contributed by atoms with Crippen LogP contribution in [0, 0.1) is 0 Å². The molecule has 2 aromatic heterocycles. The van der Waals surface area contributed by atoms with Crippen LogP contribution in [0.4, 0.5) is 0 Å². The van der Waals surface area contributed by atoms with Crippen LogP contribution in [0.15, 0.2) is 40.9 Å². The van der Waals surface area contributed by atoms with E-state index in [0.717, 1.165) is 6.42 Å². The number of oxazole rings is 1. The molecular formula is C15H14ClN3O2. The molecule has 0 aliphatic carbocycles. The van der Waals surface area contributed by atoms with E-state index < -0.39 is 0 Å². The number of carbonyl (C=O) groups is 1. The molecule has 5 nitrogen and oxygen atoms in total. The lowest BCUT2D eigenvalue weighted by Gasteiger charge is -2.06. The highest BCUT2D eigenvalue weighted by atomic mass is 35.5. The number of aromatic nitrogens is 2.